The van der Waals surface area contributed by atoms with E-state index in [-0.39, 0.29) is 16.9 Å². The Labute approximate surface area is 216 Å². The van der Waals surface area contributed by atoms with E-state index in [1.807, 2.05) is 12.1 Å². The Morgan fingerprint density at radius 2 is 1.89 bits per heavy atom. The normalized spacial score (nSPS) is 13.5. The van der Waals surface area contributed by atoms with Crippen LogP contribution in [-0.2, 0) is 16.4 Å². The Morgan fingerprint density at radius 1 is 1.11 bits per heavy atom. The smallest absolute Gasteiger partial charge is 0.265 e. The van der Waals surface area contributed by atoms with Gasteiger partial charge >= 0.3 is 0 Å². The molecule has 0 radical (unpaired) electrons. The van der Waals surface area contributed by atoms with E-state index in [0.717, 1.165) is 28.5 Å². The van der Waals surface area contributed by atoms with Crippen molar-refractivity contribution in [1.29, 1.82) is 0 Å². The summed E-state index contributed by atoms with van der Waals surface area (Å²) >= 11 is 13.4. The number of carbonyl (C=O) groups excluding carboxylic acids is 1. The lowest BCUT2D eigenvalue weighted by Gasteiger charge is -2.29. The van der Waals surface area contributed by atoms with Gasteiger partial charge < -0.3 is 10.1 Å². The van der Waals surface area contributed by atoms with Crippen molar-refractivity contribution in [1.82, 2.24) is 4.98 Å². The highest BCUT2D eigenvalue weighted by Gasteiger charge is 2.25. The molecule has 3 heterocycles. The maximum atomic E-state index is 13.0. The molecule has 7 nitrogen and oxygen atoms in total. The summed E-state index contributed by atoms with van der Waals surface area (Å²) in [6.07, 6.45) is 2.76. The number of pyridine rings is 1. The summed E-state index contributed by atoms with van der Waals surface area (Å²) in [6, 6.07) is 15.5. The van der Waals surface area contributed by atoms with E-state index in [2.05, 4.69) is 10.3 Å². The maximum Gasteiger partial charge on any atom is 0.265 e. The summed E-state index contributed by atoms with van der Waals surface area (Å²) in [5.41, 5.74) is 2.08. The van der Waals surface area contributed by atoms with Crippen LogP contribution in [0.25, 0.3) is 10.1 Å². The van der Waals surface area contributed by atoms with Crippen LogP contribution in [0.5, 0.6) is 11.6 Å². The van der Waals surface area contributed by atoms with Gasteiger partial charge in [0.1, 0.15) is 10.9 Å². The van der Waals surface area contributed by atoms with Gasteiger partial charge in [-0.05, 0) is 72.3 Å². The lowest BCUT2D eigenvalue weighted by Crippen LogP contribution is -2.34. The van der Waals surface area contributed by atoms with Gasteiger partial charge in [-0.25, -0.2) is 13.4 Å². The zero-order valence-electron chi connectivity index (χ0n) is 18.4. The predicted molar refractivity (Wildman–Crippen MR) is 141 cm³/mol. The SMILES string of the molecule is CS(=O)(=O)N1CCCc2cc3sc(C(=O)Nc4cc(Cl)nc(Oc5ccc(Cl)cc5)c4)cc3cc21. The molecule has 1 amide bonds. The molecule has 2 aromatic heterocycles. The van der Waals surface area contributed by atoms with Crippen LogP contribution < -0.4 is 14.4 Å². The van der Waals surface area contributed by atoms with Gasteiger partial charge in [0.2, 0.25) is 15.9 Å². The second-order valence-corrected chi connectivity index (χ2v) is 11.9. The van der Waals surface area contributed by atoms with Crippen molar-refractivity contribution in [3.8, 4) is 11.6 Å². The fourth-order valence-electron chi connectivity index (χ4n) is 3.95. The number of thiophene rings is 1. The number of hydrogen-bond acceptors (Lipinski definition) is 6. The zero-order chi connectivity index (χ0) is 24.7. The highest BCUT2D eigenvalue weighted by molar-refractivity contribution is 7.92. The van der Waals surface area contributed by atoms with Crippen LogP contribution in [-0.4, -0.2) is 32.1 Å². The van der Waals surface area contributed by atoms with E-state index in [1.54, 1.807) is 36.4 Å². The van der Waals surface area contributed by atoms with Gasteiger partial charge in [0.15, 0.2) is 0 Å². The highest BCUT2D eigenvalue weighted by atomic mass is 35.5. The second-order valence-electron chi connectivity index (χ2n) is 8.09. The van der Waals surface area contributed by atoms with Crippen LogP contribution in [0, 0.1) is 0 Å². The average Bonchev–Trinajstić information content (AvgIpc) is 3.21. The minimum Gasteiger partial charge on any atom is -0.439 e. The first-order valence-electron chi connectivity index (χ1n) is 10.6. The first-order chi connectivity index (χ1) is 16.7. The van der Waals surface area contributed by atoms with Gasteiger partial charge in [0.25, 0.3) is 5.91 Å². The molecule has 0 saturated heterocycles. The Balaban J connectivity index is 1.40. The molecule has 0 atom stereocenters. The number of nitrogens with one attached hydrogen (secondary N) is 1. The summed E-state index contributed by atoms with van der Waals surface area (Å²) in [6.45, 7) is 0.456. The molecule has 1 N–H and O–H groups in total. The molecule has 180 valence electrons. The van der Waals surface area contributed by atoms with Gasteiger partial charge in [-0.3, -0.25) is 9.10 Å². The lowest BCUT2D eigenvalue weighted by molar-refractivity contribution is 0.103. The topological polar surface area (TPSA) is 88.6 Å². The molecule has 0 saturated carbocycles. The van der Waals surface area contributed by atoms with Crippen LogP contribution >= 0.6 is 34.5 Å². The van der Waals surface area contributed by atoms with Crippen LogP contribution in [0.2, 0.25) is 10.2 Å². The Kier molecular flexibility index (Phi) is 6.35. The maximum absolute atomic E-state index is 13.0. The number of benzene rings is 2. The lowest BCUT2D eigenvalue weighted by atomic mass is 10.0. The van der Waals surface area contributed by atoms with E-state index < -0.39 is 10.0 Å². The number of halogens is 2. The molecule has 0 aliphatic carbocycles. The van der Waals surface area contributed by atoms with Gasteiger partial charge in [-0.1, -0.05) is 23.2 Å². The highest BCUT2D eigenvalue weighted by Crippen LogP contribution is 2.37. The van der Waals surface area contributed by atoms with E-state index in [0.29, 0.717) is 33.6 Å². The first kappa shape index (κ1) is 23.9. The summed E-state index contributed by atoms with van der Waals surface area (Å²) < 4.78 is 32.5. The minimum absolute atomic E-state index is 0.164. The van der Waals surface area contributed by atoms with E-state index in [9.17, 15) is 13.2 Å². The number of amides is 1. The van der Waals surface area contributed by atoms with Gasteiger partial charge in [-0.15, -0.1) is 11.3 Å². The first-order valence-corrected chi connectivity index (χ1v) is 14.0. The van der Waals surface area contributed by atoms with Crippen molar-refractivity contribution in [2.75, 3.05) is 22.4 Å². The molecule has 2 aromatic carbocycles. The van der Waals surface area contributed by atoms with Gasteiger partial charge in [0, 0.05) is 28.0 Å². The number of ether oxygens (including phenoxy) is 1. The molecular formula is C24H19Cl2N3O4S2. The quantitative estimate of drug-likeness (QED) is 0.293. The van der Waals surface area contributed by atoms with Crippen molar-refractivity contribution >= 4 is 71.9 Å². The zero-order valence-corrected chi connectivity index (χ0v) is 21.6. The predicted octanol–water partition coefficient (Wildman–Crippen LogP) is 6.36. The fourth-order valence-corrected chi connectivity index (χ4v) is 6.27. The summed E-state index contributed by atoms with van der Waals surface area (Å²) in [5.74, 6) is 0.432. The average molecular weight is 548 g/mol. The summed E-state index contributed by atoms with van der Waals surface area (Å²) in [4.78, 5) is 17.7. The number of rotatable bonds is 5. The van der Waals surface area contributed by atoms with E-state index in [4.69, 9.17) is 27.9 Å². The summed E-state index contributed by atoms with van der Waals surface area (Å²) in [7, 11) is -3.37. The monoisotopic (exact) mass is 547 g/mol. The van der Waals surface area contributed by atoms with Crippen molar-refractivity contribution in [3.05, 3.63) is 75.2 Å². The Bertz CT molecular complexity index is 1550. The third kappa shape index (κ3) is 5.23. The Hall–Kier alpha value is -2.85. The van der Waals surface area contributed by atoms with Crippen LogP contribution in [0.15, 0.2) is 54.6 Å². The molecule has 0 spiro atoms. The number of sulfonamides is 1. The number of aromatic nitrogens is 1. The van der Waals surface area contributed by atoms with Crippen molar-refractivity contribution in [2.45, 2.75) is 12.8 Å². The molecule has 1 aliphatic heterocycles. The number of aryl methyl sites for hydroxylation is 1. The molecule has 11 heteroatoms. The van der Waals surface area contributed by atoms with Gasteiger partial charge in [-0.2, -0.15) is 0 Å². The fraction of sp³-hybridized carbons (Fsp3) is 0.167. The number of anilines is 2. The second kappa shape index (κ2) is 9.31. The molecule has 1 aliphatic rings. The van der Waals surface area contributed by atoms with E-state index >= 15 is 0 Å². The molecular weight excluding hydrogens is 529 g/mol. The molecule has 0 fully saturated rings. The van der Waals surface area contributed by atoms with Crippen LogP contribution in [0.4, 0.5) is 11.4 Å². The standard InChI is InChI=1S/C24H19Cl2N3O4S2/c1-35(31,32)29-8-2-3-14-10-20-15(9-19(14)29)11-21(34-20)24(30)27-17-12-22(26)28-23(13-17)33-18-6-4-16(25)5-7-18/h4-7,9-13H,2-3,8H2,1H3,(H,27,28,30). The minimum atomic E-state index is -3.37. The third-order valence-corrected chi connectivity index (χ3v) is 8.20. The van der Waals surface area contributed by atoms with Crippen LogP contribution in [0.3, 0.4) is 0 Å². The van der Waals surface area contributed by atoms with Gasteiger partial charge in [0.05, 0.1) is 16.8 Å². The van der Waals surface area contributed by atoms with Crippen LogP contribution in [0.1, 0.15) is 21.7 Å². The number of fused-ring (bicyclic) bond motifs is 2. The van der Waals surface area contributed by atoms with Crippen molar-refractivity contribution in [3.63, 3.8) is 0 Å². The molecule has 0 unspecified atom stereocenters. The molecule has 35 heavy (non-hydrogen) atoms. The van der Waals surface area contributed by atoms with E-state index in [1.165, 1.54) is 28.0 Å². The molecule has 4 aromatic rings. The Morgan fingerprint density at radius 3 is 2.63 bits per heavy atom. The molecule has 0 bridgehead atoms. The summed E-state index contributed by atoms with van der Waals surface area (Å²) in [5, 5.41) is 4.40. The largest absolute Gasteiger partial charge is 0.439 e. The third-order valence-electron chi connectivity index (χ3n) is 5.48. The number of carbonyl (C=O) groups is 1. The van der Waals surface area contributed by atoms with Crippen molar-refractivity contribution in [2.24, 2.45) is 0 Å². The number of hydrogen-bond donors (Lipinski definition) is 1. The van der Waals surface area contributed by atoms with Crippen molar-refractivity contribution < 1.29 is 17.9 Å². The molecule has 5 rings (SSSR count). The number of nitrogens with zero attached hydrogens (tertiary/aromatic N) is 2.